The number of methoxy groups -OCH3 is 1. The number of fused-ring (bicyclic) bond motifs is 1. The Hall–Kier alpha value is -2.82. The summed E-state index contributed by atoms with van der Waals surface area (Å²) in [6, 6.07) is 12.0. The van der Waals surface area contributed by atoms with Gasteiger partial charge in [0, 0.05) is 36.8 Å². The number of unbranched alkanes of at least 4 members (excludes halogenated alkanes) is 1. The van der Waals surface area contributed by atoms with E-state index in [4.69, 9.17) is 4.74 Å². The SMILES string of the molecule is CCCCNC(=O)C[C@@H](c1ccccc1OC)c1cnc2cc(C)ccn12. The number of imidazole rings is 1. The minimum absolute atomic E-state index is 0.0430. The summed E-state index contributed by atoms with van der Waals surface area (Å²) < 4.78 is 7.63. The largest absolute Gasteiger partial charge is 0.496 e. The van der Waals surface area contributed by atoms with Gasteiger partial charge in [0.25, 0.3) is 0 Å². The lowest BCUT2D eigenvalue weighted by Gasteiger charge is -2.20. The maximum Gasteiger partial charge on any atom is 0.221 e. The van der Waals surface area contributed by atoms with Gasteiger partial charge in [-0.2, -0.15) is 0 Å². The van der Waals surface area contributed by atoms with Crippen molar-refractivity contribution in [3.8, 4) is 5.75 Å². The average molecular weight is 365 g/mol. The fourth-order valence-electron chi connectivity index (χ4n) is 3.35. The standard InChI is InChI=1S/C22H27N3O2/c1-4-5-11-23-22(26)14-18(17-8-6-7-9-20(17)27-3)19-15-24-21-13-16(2)10-12-25(19)21/h6-10,12-13,15,18H,4-5,11,14H2,1-3H3,(H,23,26)/t18-/m0/s1. The molecule has 142 valence electrons. The third kappa shape index (κ3) is 4.30. The molecule has 1 amide bonds. The summed E-state index contributed by atoms with van der Waals surface area (Å²) in [5, 5.41) is 3.03. The third-order valence-electron chi connectivity index (χ3n) is 4.81. The first-order chi connectivity index (χ1) is 13.1. The molecule has 3 rings (SSSR count). The number of pyridine rings is 1. The van der Waals surface area contributed by atoms with Crippen LogP contribution in [0, 0.1) is 6.92 Å². The van der Waals surface area contributed by atoms with Crippen LogP contribution in [0.1, 0.15) is 48.9 Å². The zero-order chi connectivity index (χ0) is 19.2. The molecule has 1 aromatic carbocycles. The van der Waals surface area contributed by atoms with Crippen molar-refractivity contribution in [2.24, 2.45) is 0 Å². The number of benzene rings is 1. The zero-order valence-corrected chi connectivity index (χ0v) is 16.2. The van der Waals surface area contributed by atoms with E-state index in [1.54, 1.807) is 7.11 Å². The van der Waals surface area contributed by atoms with E-state index in [-0.39, 0.29) is 11.8 Å². The van der Waals surface area contributed by atoms with Gasteiger partial charge in [-0.25, -0.2) is 4.98 Å². The summed E-state index contributed by atoms with van der Waals surface area (Å²) in [4.78, 5) is 17.2. The van der Waals surface area contributed by atoms with Crippen molar-refractivity contribution in [3.05, 3.63) is 65.6 Å². The summed E-state index contributed by atoms with van der Waals surface area (Å²) in [6.45, 7) is 4.87. The van der Waals surface area contributed by atoms with E-state index in [0.717, 1.165) is 41.1 Å². The van der Waals surface area contributed by atoms with E-state index in [9.17, 15) is 4.79 Å². The van der Waals surface area contributed by atoms with E-state index in [2.05, 4.69) is 27.7 Å². The molecule has 2 heterocycles. The molecule has 0 saturated heterocycles. The molecule has 27 heavy (non-hydrogen) atoms. The third-order valence-corrected chi connectivity index (χ3v) is 4.81. The Labute approximate surface area is 160 Å². The van der Waals surface area contributed by atoms with E-state index in [1.807, 2.05) is 49.6 Å². The Morgan fingerprint density at radius 2 is 2.11 bits per heavy atom. The number of amides is 1. The first-order valence-electron chi connectivity index (χ1n) is 9.47. The maximum absolute atomic E-state index is 12.6. The lowest BCUT2D eigenvalue weighted by molar-refractivity contribution is -0.121. The number of nitrogens with zero attached hydrogens (tertiary/aromatic N) is 2. The van der Waals surface area contributed by atoms with Crippen LogP contribution >= 0.6 is 0 Å². The molecule has 1 atom stereocenters. The van der Waals surface area contributed by atoms with Crippen molar-refractivity contribution in [3.63, 3.8) is 0 Å². The topological polar surface area (TPSA) is 55.6 Å². The highest BCUT2D eigenvalue weighted by Crippen LogP contribution is 2.34. The lowest BCUT2D eigenvalue weighted by Crippen LogP contribution is -2.26. The summed E-state index contributed by atoms with van der Waals surface area (Å²) in [7, 11) is 1.66. The molecule has 0 saturated carbocycles. The van der Waals surface area contributed by atoms with Crippen LogP contribution in [0.2, 0.25) is 0 Å². The number of para-hydroxylation sites is 1. The summed E-state index contributed by atoms with van der Waals surface area (Å²) in [6.07, 6.45) is 6.28. The van der Waals surface area contributed by atoms with Crippen LogP contribution in [0.5, 0.6) is 5.75 Å². The normalized spacial score (nSPS) is 12.1. The highest BCUT2D eigenvalue weighted by atomic mass is 16.5. The van der Waals surface area contributed by atoms with Crippen LogP contribution in [0.15, 0.2) is 48.8 Å². The van der Waals surface area contributed by atoms with Gasteiger partial charge in [-0.3, -0.25) is 4.79 Å². The second-order valence-electron chi connectivity index (χ2n) is 6.82. The molecule has 5 heteroatoms. The molecule has 0 radical (unpaired) electrons. The molecule has 0 aliphatic heterocycles. The number of ether oxygens (including phenoxy) is 1. The molecule has 0 unspecified atom stereocenters. The van der Waals surface area contributed by atoms with Crippen LogP contribution in [0.3, 0.4) is 0 Å². The number of carbonyl (C=O) groups is 1. The van der Waals surface area contributed by atoms with Gasteiger partial charge in [0.1, 0.15) is 11.4 Å². The molecular formula is C22H27N3O2. The zero-order valence-electron chi connectivity index (χ0n) is 16.2. The molecule has 2 aromatic heterocycles. The van der Waals surface area contributed by atoms with Crippen LogP contribution in [-0.4, -0.2) is 28.9 Å². The number of hydrogen-bond donors (Lipinski definition) is 1. The molecular weight excluding hydrogens is 338 g/mol. The number of carbonyl (C=O) groups excluding carboxylic acids is 1. The van der Waals surface area contributed by atoms with Crippen molar-refractivity contribution >= 4 is 11.6 Å². The van der Waals surface area contributed by atoms with Crippen LogP contribution in [-0.2, 0) is 4.79 Å². The summed E-state index contributed by atoms with van der Waals surface area (Å²) in [5.41, 5.74) is 4.02. The first kappa shape index (κ1) is 19.0. The molecule has 0 spiro atoms. The van der Waals surface area contributed by atoms with Gasteiger partial charge in [-0.15, -0.1) is 0 Å². The predicted molar refractivity (Wildman–Crippen MR) is 107 cm³/mol. The molecule has 5 nitrogen and oxygen atoms in total. The highest BCUT2D eigenvalue weighted by molar-refractivity contribution is 5.77. The fourth-order valence-corrected chi connectivity index (χ4v) is 3.35. The first-order valence-corrected chi connectivity index (χ1v) is 9.47. The number of rotatable bonds is 8. The lowest BCUT2D eigenvalue weighted by atomic mass is 9.91. The van der Waals surface area contributed by atoms with Gasteiger partial charge in [-0.05, 0) is 37.1 Å². The predicted octanol–water partition coefficient (Wildman–Crippen LogP) is 4.09. The minimum Gasteiger partial charge on any atom is -0.496 e. The molecule has 0 fully saturated rings. The molecule has 0 aliphatic carbocycles. The minimum atomic E-state index is -0.138. The number of aromatic nitrogens is 2. The Balaban J connectivity index is 2.00. The van der Waals surface area contributed by atoms with Crippen molar-refractivity contribution in [1.29, 1.82) is 0 Å². The Bertz CT molecular complexity index is 917. The molecule has 3 aromatic rings. The second kappa shape index (κ2) is 8.71. The van der Waals surface area contributed by atoms with E-state index in [0.29, 0.717) is 13.0 Å². The van der Waals surface area contributed by atoms with Gasteiger partial charge in [0.2, 0.25) is 5.91 Å². The molecule has 0 aliphatic rings. The van der Waals surface area contributed by atoms with Gasteiger partial charge < -0.3 is 14.5 Å². The van der Waals surface area contributed by atoms with Gasteiger partial charge in [0.05, 0.1) is 12.8 Å². The molecule has 1 N–H and O–H groups in total. The van der Waals surface area contributed by atoms with Gasteiger partial charge in [-0.1, -0.05) is 31.5 Å². The molecule has 0 bridgehead atoms. The summed E-state index contributed by atoms with van der Waals surface area (Å²) in [5.74, 6) is 0.688. The number of aryl methyl sites for hydroxylation is 1. The van der Waals surface area contributed by atoms with Crippen molar-refractivity contribution < 1.29 is 9.53 Å². The number of nitrogens with one attached hydrogen (secondary N) is 1. The monoisotopic (exact) mass is 365 g/mol. The van der Waals surface area contributed by atoms with Crippen LogP contribution < -0.4 is 10.1 Å². The van der Waals surface area contributed by atoms with E-state index in [1.165, 1.54) is 0 Å². The van der Waals surface area contributed by atoms with Crippen molar-refractivity contribution in [1.82, 2.24) is 14.7 Å². The Morgan fingerprint density at radius 3 is 2.89 bits per heavy atom. The Morgan fingerprint density at radius 1 is 1.30 bits per heavy atom. The van der Waals surface area contributed by atoms with E-state index >= 15 is 0 Å². The summed E-state index contributed by atoms with van der Waals surface area (Å²) >= 11 is 0. The van der Waals surface area contributed by atoms with E-state index < -0.39 is 0 Å². The second-order valence-corrected chi connectivity index (χ2v) is 6.82. The van der Waals surface area contributed by atoms with Crippen molar-refractivity contribution in [2.75, 3.05) is 13.7 Å². The van der Waals surface area contributed by atoms with Crippen LogP contribution in [0.25, 0.3) is 5.65 Å². The highest BCUT2D eigenvalue weighted by Gasteiger charge is 2.24. The maximum atomic E-state index is 12.6. The average Bonchev–Trinajstić information content (AvgIpc) is 3.09. The smallest absolute Gasteiger partial charge is 0.221 e. The van der Waals surface area contributed by atoms with Crippen LogP contribution in [0.4, 0.5) is 0 Å². The fraction of sp³-hybridized carbons (Fsp3) is 0.364. The number of hydrogen-bond acceptors (Lipinski definition) is 3. The van der Waals surface area contributed by atoms with Gasteiger partial charge in [0.15, 0.2) is 0 Å². The Kier molecular flexibility index (Phi) is 6.12. The quantitative estimate of drug-likeness (QED) is 0.612. The van der Waals surface area contributed by atoms with Gasteiger partial charge >= 0.3 is 0 Å². The van der Waals surface area contributed by atoms with Crippen molar-refractivity contribution in [2.45, 2.75) is 39.0 Å².